The molecule has 1 fully saturated rings. The number of halogens is 2. The van der Waals surface area contributed by atoms with E-state index >= 15 is 0 Å². The molecule has 1 heterocycles. The number of hydrogen-bond donors (Lipinski definition) is 3. The number of hydrogen-bond acceptors (Lipinski definition) is 6. The van der Waals surface area contributed by atoms with Gasteiger partial charge < -0.3 is 14.8 Å². The first kappa shape index (κ1) is 22.0. The molecule has 160 valence electrons. The van der Waals surface area contributed by atoms with Crippen LogP contribution in [0.1, 0.15) is 5.56 Å². The molecule has 3 N–H and O–H groups in total. The Labute approximate surface area is 183 Å². The number of amides is 5. The fourth-order valence-electron chi connectivity index (χ4n) is 2.60. The van der Waals surface area contributed by atoms with Gasteiger partial charge in [0.25, 0.3) is 17.7 Å². The van der Waals surface area contributed by atoms with Gasteiger partial charge in [0.1, 0.15) is 11.4 Å². The molecule has 3 rings (SSSR count). The molecule has 0 radical (unpaired) electrons. The summed E-state index contributed by atoms with van der Waals surface area (Å²) in [6.07, 6.45) is 1.27. The van der Waals surface area contributed by atoms with Gasteiger partial charge in [0.15, 0.2) is 18.1 Å². The maximum absolute atomic E-state index is 12.9. The van der Waals surface area contributed by atoms with E-state index in [0.717, 1.165) is 0 Å². The molecular weight excluding hydrogens is 477 g/mol. The standard InChI is InChI=1S/C20H15BrFN3O6/c1-30-15-8-10(6-13-18(27)24-20(29)25-19(13)28)7-14(21)17(15)31-9-16(26)23-12-4-2-11(22)3-5-12/h2-8H,9H2,1H3,(H,23,26)(H2,24,25,27,28,29). The van der Waals surface area contributed by atoms with Crippen LogP contribution in [0.3, 0.4) is 0 Å². The first-order valence-electron chi connectivity index (χ1n) is 8.71. The number of nitrogens with one attached hydrogen (secondary N) is 3. The van der Waals surface area contributed by atoms with Crippen LogP contribution in [0.15, 0.2) is 46.4 Å². The lowest BCUT2D eigenvalue weighted by Crippen LogP contribution is -2.51. The summed E-state index contributed by atoms with van der Waals surface area (Å²) in [5, 5.41) is 6.52. The van der Waals surface area contributed by atoms with Crippen LogP contribution in [0.4, 0.5) is 14.9 Å². The Bertz CT molecular complexity index is 1080. The summed E-state index contributed by atoms with van der Waals surface area (Å²) in [5.41, 5.74) is 0.549. The van der Waals surface area contributed by atoms with E-state index in [1.165, 1.54) is 43.5 Å². The summed E-state index contributed by atoms with van der Waals surface area (Å²) >= 11 is 3.31. The minimum atomic E-state index is -0.895. The molecule has 0 saturated carbocycles. The molecule has 0 atom stereocenters. The Kier molecular flexibility index (Phi) is 6.65. The summed E-state index contributed by atoms with van der Waals surface area (Å²) in [4.78, 5) is 47.0. The smallest absolute Gasteiger partial charge is 0.328 e. The Morgan fingerprint density at radius 2 is 1.77 bits per heavy atom. The van der Waals surface area contributed by atoms with Crippen LogP contribution in [-0.4, -0.2) is 37.5 Å². The first-order chi connectivity index (χ1) is 14.8. The predicted octanol–water partition coefficient (Wildman–Crippen LogP) is 2.36. The first-order valence-corrected chi connectivity index (χ1v) is 9.50. The van der Waals surface area contributed by atoms with Crippen LogP contribution in [0, 0.1) is 5.82 Å². The number of anilines is 1. The van der Waals surface area contributed by atoms with E-state index < -0.39 is 29.6 Å². The Balaban J connectivity index is 1.75. The number of carbonyl (C=O) groups excluding carboxylic acids is 4. The average molecular weight is 492 g/mol. The number of barbiturate groups is 1. The quantitative estimate of drug-likeness (QED) is 0.421. The van der Waals surface area contributed by atoms with E-state index in [9.17, 15) is 23.6 Å². The molecule has 1 aliphatic rings. The Hall–Kier alpha value is -3.73. The highest BCUT2D eigenvalue weighted by atomic mass is 79.9. The molecule has 9 nitrogen and oxygen atoms in total. The van der Waals surface area contributed by atoms with Gasteiger partial charge in [-0.1, -0.05) is 0 Å². The van der Waals surface area contributed by atoms with Crippen molar-refractivity contribution in [3.63, 3.8) is 0 Å². The van der Waals surface area contributed by atoms with E-state index in [1.807, 2.05) is 10.6 Å². The number of methoxy groups -OCH3 is 1. The molecule has 2 aromatic carbocycles. The zero-order chi connectivity index (χ0) is 22.5. The van der Waals surface area contributed by atoms with Gasteiger partial charge in [0, 0.05) is 5.69 Å². The van der Waals surface area contributed by atoms with Crippen molar-refractivity contribution in [3.05, 3.63) is 57.8 Å². The van der Waals surface area contributed by atoms with Gasteiger partial charge in [-0.3, -0.25) is 25.0 Å². The third kappa shape index (κ3) is 5.45. The van der Waals surface area contributed by atoms with Crippen molar-refractivity contribution in [2.45, 2.75) is 0 Å². The topological polar surface area (TPSA) is 123 Å². The van der Waals surface area contributed by atoms with Gasteiger partial charge in [0.2, 0.25) is 0 Å². The summed E-state index contributed by atoms with van der Waals surface area (Å²) in [5.74, 6) is -2.13. The molecule has 1 saturated heterocycles. The lowest BCUT2D eigenvalue weighted by atomic mass is 10.1. The zero-order valence-electron chi connectivity index (χ0n) is 16.0. The SMILES string of the molecule is COc1cc(C=C2C(=O)NC(=O)NC2=O)cc(Br)c1OCC(=O)Nc1ccc(F)cc1. The third-order valence-corrected chi connectivity index (χ3v) is 4.57. The number of benzene rings is 2. The van der Waals surface area contributed by atoms with E-state index in [1.54, 1.807) is 6.07 Å². The number of ether oxygens (including phenoxy) is 2. The molecule has 0 unspecified atom stereocenters. The second-order valence-electron chi connectivity index (χ2n) is 6.17. The van der Waals surface area contributed by atoms with E-state index in [0.29, 0.717) is 15.7 Å². The van der Waals surface area contributed by atoms with Crippen LogP contribution < -0.4 is 25.4 Å². The van der Waals surface area contributed by atoms with Gasteiger partial charge in [-0.15, -0.1) is 0 Å². The second-order valence-corrected chi connectivity index (χ2v) is 7.03. The maximum Gasteiger partial charge on any atom is 0.328 e. The summed E-state index contributed by atoms with van der Waals surface area (Å²) < 4.78 is 24.1. The van der Waals surface area contributed by atoms with Crippen molar-refractivity contribution in [2.75, 3.05) is 19.0 Å². The Morgan fingerprint density at radius 3 is 2.39 bits per heavy atom. The lowest BCUT2D eigenvalue weighted by Gasteiger charge is -2.15. The molecule has 5 amide bonds. The minimum absolute atomic E-state index is 0.214. The highest BCUT2D eigenvalue weighted by Gasteiger charge is 2.28. The summed E-state index contributed by atoms with van der Waals surface area (Å²) in [6, 6.07) is 7.39. The Morgan fingerprint density at radius 1 is 1.13 bits per heavy atom. The number of urea groups is 1. The lowest BCUT2D eigenvalue weighted by molar-refractivity contribution is -0.124. The number of imide groups is 2. The fourth-order valence-corrected chi connectivity index (χ4v) is 3.18. The van der Waals surface area contributed by atoms with Gasteiger partial charge >= 0.3 is 6.03 Å². The predicted molar refractivity (Wildman–Crippen MR) is 111 cm³/mol. The molecular formula is C20H15BrFN3O6. The highest BCUT2D eigenvalue weighted by Crippen LogP contribution is 2.37. The van der Waals surface area contributed by atoms with Crippen LogP contribution in [-0.2, 0) is 14.4 Å². The van der Waals surface area contributed by atoms with Crippen molar-refractivity contribution in [1.29, 1.82) is 0 Å². The summed E-state index contributed by atoms with van der Waals surface area (Å²) in [6.45, 7) is -0.361. The monoisotopic (exact) mass is 491 g/mol. The van der Waals surface area contributed by atoms with Crippen molar-refractivity contribution in [1.82, 2.24) is 10.6 Å². The van der Waals surface area contributed by atoms with Crippen molar-refractivity contribution in [3.8, 4) is 11.5 Å². The minimum Gasteiger partial charge on any atom is -0.493 e. The highest BCUT2D eigenvalue weighted by molar-refractivity contribution is 9.10. The van der Waals surface area contributed by atoms with Crippen LogP contribution in [0.2, 0.25) is 0 Å². The third-order valence-electron chi connectivity index (χ3n) is 3.98. The molecule has 0 aliphatic carbocycles. The molecule has 11 heteroatoms. The maximum atomic E-state index is 12.9. The second kappa shape index (κ2) is 9.39. The van der Waals surface area contributed by atoms with Crippen LogP contribution >= 0.6 is 15.9 Å². The molecule has 0 spiro atoms. The zero-order valence-corrected chi connectivity index (χ0v) is 17.5. The molecule has 0 bridgehead atoms. The summed E-state index contributed by atoms with van der Waals surface area (Å²) in [7, 11) is 1.38. The van der Waals surface area contributed by atoms with Crippen LogP contribution in [0.5, 0.6) is 11.5 Å². The van der Waals surface area contributed by atoms with E-state index in [2.05, 4.69) is 21.2 Å². The number of rotatable bonds is 6. The normalized spacial score (nSPS) is 13.3. The largest absolute Gasteiger partial charge is 0.493 e. The van der Waals surface area contributed by atoms with Crippen molar-refractivity contribution >= 4 is 51.4 Å². The van der Waals surface area contributed by atoms with Gasteiger partial charge in [-0.25, -0.2) is 9.18 Å². The van der Waals surface area contributed by atoms with Gasteiger partial charge in [-0.2, -0.15) is 0 Å². The van der Waals surface area contributed by atoms with E-state index in [4.69, 9.17) is 9.47 Å². The van der Waals surface area contributed by atoms with Crippen molar-refractivity contribution < 1.29 is 33.0 Å². The van der Waals surface area contributed by atoms with Crippen LogP contribution in [0.25, 0.3) is 6.08 Å². The number of carbonyl (C=O) groups is 4. The molecule has 2 aromatic rings. The molecule has 31 heavy (non-hydrogen) atoms. The van der Waals surface area contributed by atoms with Gasteiger partial charge in [0.05, 0.1) is 11.6 Å². The average Bonchev–Trinajstić information content (AvgIpc) is 2.71. The van der Waals surface area contributed by atoms with Crippen molar-refractivity contribution in [2.24, 2.45) is 0 Å². The molecule has 0 aromatic heterocycles. The molecule has 1 aliphatic heterocycles. The van der Waals surface area contributed by atoms with Gasteiger partial charge in [-0.05, 0) is 64.0 Å². The van der Waals surface area contributed by atoms with E-state index in [-0.39, 0.29) is 23.7 Å². The fraction of sp³-hybridized carbons (Fsp3) is 0.100.